The van der Waals surface area contributed by atoms with Gasteiger partial charge in [-0.2, -0.15) is 10.4 Å². The van der Waals surface area contributed by atoms with Gasteiger partial charge in [0.15, 0.2) is 0 Å². The molecule has 0 aliphatic carbocycles. The molecule has 1 amide bonds. The number of azo groups is 1. The number of carbonyl (C=O) groups is 1. The van der Waals surface area contributed by atoms with Gasteiger partial charge in [-0.1, -0.05) is 53.7 Å². The van der Waals surface area contributed by atoms with Crippen molar-refractivity contribution in [1.82, 2.24) is 4.98 Å². The fraction of sp³-hybridized carbons (Fsp3) is 0.136. The molecular formula is C22H18ClN5OS. The van der Waals surface area contributed by atoms with Crippen LogP contribution in [0, 0.1) is 25.2 Å². The number of rotatable bonds is 6. The van der Waals surface area contributed by atoms with E-state index in [2.05, 4.69) is 26.6 Å². The molecule has 0 saturated heterocycles. The van der Waals surface area contributed by atoms with Crippen LogP contribution in [0.5, 0.6) is 0 Å². The van der Waals surface area contributed by atoms with Crippen LogP contribution in [0.1, 0.15) is 16.8 Å². The summed E-state index contributed by atoms with van der Waals surface area (Å²) in [5.74, 6) is -0.140. The number of hydrogen-bond acceptors (Lipinski definition) is 6. The maximum atomic E-state index is 12.3. The van der Waals surface area contributed by atoms with Crippen molar-refractivity contribution >= 4 is 46.3 Å². The van der Waals surface area contributed by atoms with Crippen molar-refractivity contribution in [2.45, 2.75) is 18.9 Å². The van der Waals surface area contributed by atoms with Crippen molar-refractivity contribution in [1.29, 1.82) is 5.26 Å². The zero-order valence-electron chi connectivity index (χ0n) is 16.4. The van der Waals surface area contributed by atoms with E-state index >= 15 is 0 Å². The highest BCUT2D eigenvalue weighted by Gasteiger charge is 2.17. The number of nitrogens with one attached hydrogen (secondary N) is 1. The predicted molar refractivity (Wildman–Crippen MR) is 120 cm³/mol. The maximum absolute atomic E-state index is 12.3. The van der Waals surface area contributed by atoms with Gasteiger partial charge in [-0.3, -0.25) is 4.79 Å². The molecule has 150 valence electrons. The van der Waals surface area contributed by atoms with Gasteiger partial charge in [-0.25, -0.2) is 4.98 Å². The number of amides is 1. The van der Waals surface area contributed by atoms with E-state index in [4.69, 9.17) is 11.6 Å². The summed E-state index contributed by atoms with van der Waals surface area (Å²) in [5.41, 5.74) is 3.52. The van der Waals surface area contributed by atoms with Crippen molar-refractivity contribution < 1.29 is 4.79 Å². The highest BCUT2D eigenvalue weighted by atomic mass is 35.5. The molecule has 0 atom stereocenters. The van der Waals surface area contributed by atoms with Gasteiger partial charge in [0.2, 0.25) is 5.91 Å². The molecule has 0 unspecified atom stereocenters. The van der Waals surface area contributed by atoms with E-state index in [9.17, 15) is 10.1 Å². The third-order valence-electron chi connectivity index (χ3n) is 4.18. The number of para-hydroxylation sites is 1. The van der Waals surface area contributed by atoms with Crippen molar-refractivity contribution in [3.8, 4) is 6.07 Å². The van der Waals surface area contributed by atoms with Gasteiger partial charge in [-0.05, 0) is 43.7 Å². The van der Waals surface area contributed by atoms with Gasteiger partial charge in [0.25, 0.3) is 0 Å². The second kappa shape index (κ2) is 10.0. The third kappa shape index (κ3) is 5.23. The lowest BCUT2D eigenvalue weighted by molar-refractivity contribution is -0.113. The number of nitrogens with zero attached hydrogens (tertiary/aromatic N) is 4. The van der Waals surface area contributed by atoms with Crippen LogP contribution in [-0.2, 0) is 4.79 Å². The van der Waals surface area contributed by atoms with Crippen LogP contribution >= 0.6 is 23.4 Å². The Hall–Kier alpha value is -3.21. The fourth-order valence-corrected chi connectivity index (χ4v) is 3.75. The monoisotopic (exact) mass is 435 g/mol. The minimum atomic E-state index is -0.234. The lowest BCUT2D eigenvalue weighted by Crippen LogP contribution is -2.14. The minimum absolute atomic E-state index is 0.0939. The van der Waals surface area contributed by atoms with Gasteiger partial charge < -0.3 is 5.32 Å². The van der Waals surface area contributed by atoms with Crippen LogP contribution in [0.25, 0.3) is 0 Å². The summed E-state index contributed by atoms with van der Waals surface area (Å²) in [6.45, 7) is 3.61. The molecule has 0 spiro atoms. The summed E-state index contributed by atoms with van der Waals surface area (Å²) < 4.78 is 0. The van der Waals surface area contributed by atoms with Crippen LogP contribution in [0.2, 0.25) is 5.02 Å². The highest BCUT2D eigenvalue weighted by molar-refractivity contribution is 8.00. The van der Waals surface area contributed by atoms with E-state index in [0.717, 1.165) is 0 Å². The van der Waals surface area contributed by atoms with Crippen molar-refractivity contribution in [2.24, 2.45) is 10.2 Å². The van der Waals surface area contributed by atoms with Crippen LogP contribution in [0.15, 0.2) is 69.9 Å². The molecule has 1 heterocycles. The number of carbonyl (C=O) groups excluding carboxylic acids is 1. The number of anilines is 1. The number of aryl methyl sites for hydroxylation is 1. The fourth-order valence-electron chi connectivity index (χ4n) is 2.68. The van der Waals surface area contributed by atoms with Crippen molar-refractivity contribution in [3.05, 3.63) is 76.4 Å². The summed E-state index contributed by atoms with van der Waals surface area (Å²) in [6.07, 6.45) is 0. The van der Waals surface area contributed by atoms with E-state index in [-0.39, 0.29) is 11.7 Å². The van der Waals surface area contributed by atoms with Crippen molar-refractivity contribution in [3.63, 3.8) is 0 Å². The molecule has 1 N–H and O–H groups in total. The number of hydrogen-bond donors (Lipinski definition) is 1. The van der Waals surface area contributed by atoms with Crippen molar-refractivity contribution in [2.75, 3.05) is 11.1 Å². The lowest BCUT2D eigenvalue weighted by Gasteiger charge is -2.11. The largest absolute Gasteiger partial charge is 0.324 e. The molecule has 6 nitrogen and oxygen atoms in total. The molecule has 8 heteroatoms. The second-order valence-electron chi connectivity index (χ2n) is 6.32. The van der Waals surface area contributed by atoms with Crippen LogP contribution in [0.4, 0.5) is 17.1 Å². The summed E-state index contributed by atoms with van der Waals surface area (Å²) in [5, 5.41) is 21.9. The molecule has 0 saturated carbocycles. The number of benzene rings is 2. The average molecular weight is 436 g/mol. The smallest absolute Gasteiger partial charge is 0.234 e. The normalized spacial score (nSPS) is 10.7. The first-order valence-electron chi connectivity index (χ1n) is 9.05. The molecule has 0 aliphatic heterocycles. The zero-order valence-corrected chi connectivity index (χ0v) is 18.0. The van der Waals surface area contributed by atoms with E-state index < -0.39 is 0 Å². The Labute approximate surface area is 184 Å². The van der Waals surface area contributed by atoms with Gasteiger partial charge in [0.1, 0.15) is 16.8 Å². The zero-order chi connectivity index (χ0) is 21.5. The number of thioether (sulfide) groups is 1. The van der Waals surface area contributed by atoms with Gasteiger partial charge in [-0.15, -0.1) is 5.11 Å². The Morgan fingerprint density at radius 1 is 1.13 bits per heavy atom. The van der Waals surface area contributed by atoms with E-state index in [1.807, 2.05) is 30.3 Å². The molecule has 0 fully saturated rings. The van der Waals surface area contributed by atoms with E-state index in [0.29, 0.717) is 43.9 Å². The number of pyridine rings is 1. The Morgan fingerprint density at radius 2 is 1.83 bits per heavy atom. The summed E-state index contributed by atoms with van der Waals surface area (Å²) in [6, 6.07) is 18.5. The Morgan fingerprint density at radius 3 is 2.53 bits per heavy atom. The summed E-state index contributed by atoms with van der Waals surface area (Å²) in [4.78, 5) is 16.8. The van der Waals surface area contributed by atoms with Gasteiger partial charge >= 0.3 is 0 Å². The molecular weight excluding hydrogens is 418 g/mol. The molecule has 0 aliphatic rings. The quantitative estimate of drug-likeness (QED) is 0.359. The van der Waals surface area contributed by atoms with Gasteiger partial charge in [0, 0.05) is 0 Å². The molecule has 0 bridgehead atoms. The molecule has 30 heavy (non-hydrogen) atoms. The minimum Gasteiger partial charge on any atom is -0.324 e. The molecule has 2 aromatic carbocycles. The third-order valence-corrected chi connectivity index (χ3v) is 5.48. The SMILES string of the molecule is Cc1nc(SCC(=O)Nc2ccccc2Cl)c(C#N)c(C)c1N=Nc1ccccc1. The first-order chi connectivity index (χ1) is 14.5. The molecule has 3 rings (SSSR count). The Balaban J connectivity index is 1.77. The van der Waals surface area contributed by atoms with Crippen LogP contribution in [0.3, 0.4) is 0 Å². The maximum Gasteiger partial charge on any atom is 0.234 e. The summed E-state index contributed by atoms with van der Waals surface area (Å²) in [7, 11) is 0. The first-order valence-corrected chi connectivity index (χ1v) is 10.4. The van der Waals surface area contributed by atoms with Gasteiger partial charge in [0.05, 0.1) is 33.4 Å². The Kier molecular flexibility index (Phi) is 7.17. The predicted octanol–water partition coefficient (Wildman–Crippen LogP) is 6.37. The average Bonchev–Trinajstić information content (AvgIpc) is 2.74. The first kappa shape index (κ1) is 21.5. The van der Waals surface area contributed by atoms with E-state index in [1.165, 1.54) is 11.8 Å². The topological polar surface area (TPSA) is 90.5 Å². The number of nitriles is 1. The second-order valence-corrected chi connectivity index (χ2v) is 7.69. The number of aromatic nitrogens is 1. The lowest BCUT2D eigenvalue weighted by atomic mass is 10.1. The molecule has 0 radical (unpaired) electrons. The summed E-state index contributed by atoms with van der Waals surface area (Å²) >= 11 is 7.27. The number of halogens is 1. The molecule has 3 aromatic rings. The molecule has 1 aromatic heterocycles. The van der Waals surface area contributed by atoms with Crippen LogP contribution in [-0.4, -0.2) is 16.6 Å². The standard InChI is InChI=1S/C22H18ClN5OS/c1-14-17(12-24)22(30-13-20(29)26-19-11-7-6-10-18(19)23)25-15(2)21(14)28-27-16-8-4-3-5-9-16/h3-11H,13H2,1-2H3,(H,26,29). The Bertz CT molecular complexity index is 1140. The van der Waals surface area contributed by atoms with E-state index in [1.54, 1.807) is 38.1 Å². The van der Waals surface area contributed by atoms with Crippen LogP contribution < -0.4 is 5.32 Å². The highest BCUT2D eigenvalue weighted by Crippen LogP contribution is 2.33.